The third-order valence-corrected chi connectivity index (χ3v) is 6.04. The molecule has 2 saturated heterocycles. The van der Waals surface area contributed by atoms with Gasteiger partial charge in [0.25, 0.3) is 5.56 Å². The fraction of sp³-hybridized carbons (Fsp3) is 0.476. The van der Waals surface area contributed by atoms with Gasteiger partial charge >= 0.3 is 0 Å². The molecule has 2 aliphatic heterocycles. The summed E-state index contributed by atoms with van der Waals surface area (Å²) < 4.78 is 0. The Labute approximate surface area is 175 Å². The van der Waals surface area contributed by atoms with Gasteiger partial charge in [0, 0.05) is 62.5 Å². The molecule has 1 atom stereocenters. The van der Waals surface area contributed by atoms with E-state index < -0.39 is 0 Å². The van der Waals surface area contributed by atoms with E-state index in [0.29, 0.717) is 12.3 Å². The van der Waals surface area contributed by atoms with Crippen LogP contribution in [0.3, 0.4) is 0 Å². The Kier molecular flexibility index (Phi) is 6.04. The summed E-state index contributed by atoms with van der Waals surface area (Å²) in [5.74, 6) is 0.535. The van der Waals surface area contributed by atoms with E-state index in [1.807, 2.05) is 23.1 Å². The number of halogens is 1. The number of hydrogen-bond acceptors (Lipinski definition) is 5. The van der Waals surface area contributed by atoms with E-state index in [0.717, 1.165) is 68.5 Å². The summed E-state index contributed by atoms with van der Waals surface area (Å²) in [4.78, 5) is 30.8. The van der Waals surface area contributed by atoms with Crippen molar-refractivity contribution in [3.8, 4) is 0 Å². The third kappa shape index (κ3) is 4.90. The molecular weight excluding hydrogens is 390 g/mol. The minimum Gasteiger partial charge on any atom is -0.370 e. The number of rotatable bonds is 4. The maximum atomic E-state index is 12.9. The summed E-state index contributed by atoms with van der Waals surface area (Å²) >= 11 is 6.10. The number of carbonyl (C=O) groups is 1. The maximum Gasteiger partial charge on any atom is 0.266 e. The van der Waals surface area contributed by atoms with E-state index in [9.17, 15) is 9.59 Å². The molecule has 1 aromatic carbocycles. The number of piperidine rings is 1. The van der Waals surface area contributed by atoms with E-state index in [-0.39, 0.29) is 11.5 Å². The molecule has 1 N–H and O–H groups in total. The number of aromatic amines is 1. The summed E-state index contributed by atoms with van der Waals surface area (Å²) in [6, 6.07) is 9.44. The highest BCUT2D eigenvalue weighted by molar-refractivity contribution is 6.30. The standard InChI is InChI=1S/C21H26ClN5O2/c22-17-4-1-5-18(12-17)25-7-9-26(10-8-25)21(29)11-16-3-2-6-27(15-16)19-13-20(28)24-23-14-19/h1,4-5,12-14,16H,2-3,6-11,15H2,(H,24,28). The Morgan fingerprint density at radius 3 is 2.69 bits per heavy atom. The Morgan fingerprint density at radius 2 is 1.93 bits per heavy atom. The number of carbonyl (C=O) groups excluding carboxylic acids is 1. The van der Waals surface area contributed by atoms with Crippen molar-refractivity contribution < 1.29 is 4.79 Å². The minimum absolute atomic E-state index is 0.196. The van der Waals surface area contributed by atoms with E-state index >= 15 is 0 Å². The number of piperazine rings is 1. The van der Waals surface area contributed by atoms with Gasteiger partial charge in [-0.3, -0.25) is 9.59 Å². The summed E-state index contributed by atoms with van der Waals surface area (Å²) in [6.45, 7) is 4.80. The van der Waals surface area contributed by atoms with Gasteiger partial charge in [-0.25, -0.2) is 5.10 Å². The van der Waals surface area contributed by atoms with Crippen LogP contribution in [-0.2, 0) is 4.79 Å². The number of anilines is 2. The highest BCUT2D eigenvalue weighted by atomic mass is 35.5. The lowest BCUT2D eigenvalue weighted by Crippen LogP contribution is -2.49. The van der Waals surface area contributed by atoms with Crippen molar-refractivity contribution in [1.82, 2.24) is 15.1 Å². The zero-order chi connectivity index (χ0) is 20.2. The van der Waals surface area contributed by atoms with Gasteiger partial charge in [-0.05, 0) is 37.0 Å². The SMILES string of the molecule is O=C(CC1CCCN(c2cn[nH]c(=O)c2)C1)N1CCN(c2cccc(Cl)c2)CC1. The third-order valence-electron chi connectivity index (χ3n) is 5.80. The van der Waals surface area contributed by atoms with Crippen LogP contribution in [0.25, 0.3) is 0 Å². The lowest BCUT2D eigenvalue weighted by atomic mass is 9.93. The lowest BCUT2D eigenvalue weighted by molar-refractivity contribution is -0.132. The number of H-pyrrole nitrogens is 1. The second kappa shape index (κ2) is 8.86. The number of hydrogen-bond donors (Lipinski definition) is 1. The van der Waals surface area contributed by atoms with Gasteiger partial charge in [-0.1, -0.05) is 17.7 Å². The van der Waals surface area contributed by atoms with E-state index in [1.165, 1.54) is 0 Å². The molecule has 0 saturated carbocycles. The molecule has 3 heterocycles. The molecule has 2 aliphatic rings. The van der Waals surface area contributed by atoms with E-state index in [4.69, 9.17) is 11.6 Å². The predicted octanol–water partition coefficient (Wildman–Crippen LogP) is 2.38. The molecule has 1 amide bonds. The van der Waals surface area contributed by atoms with Crippen LogP contribution in [0.15, 0.2) is 41.3 Å². The van der Waals surface area contributed by atoms with Crippen LogP contribution in [0.1, 0.15) is 19.3 Å². The Bertz CT molecular complexity index is 910. The van der Waals surface area contributed by atoms with Gasteiger partial charge in [0.15, 0.2) is 0 Å². The Hall–Kier alpha value is -2.54. The first-order valence-electron chi connectivity index (χ1n) is 10.2. The minimum atomic E-state index is -0.196. The van der Waals surface area contributed by atoms with Crippen molar-refractivity contribution in [3.63, 3.8) is 0 Å². The maximum absolute atomic E-state index is 12.9. The Morgan fingerprint density at radius 1 is 1.10 bits per heavy atom. The summed E-state index contributed by atoms with van der Waals surface area (Å²) in [7, 11) is 0. The smallest absolute Gasteiger partial charge is 0.266 e. The van der Waals surface area contributed by atoms with E-state index in [1.54, 1.807) is 12.3 Å². The summed E-state index contributed by atoms with van der Waals surface area (Å²) in [6.07, 6.45) is 4.31. The van der Waals surface area contributed by atoms with Gasteiger partial charge in [-0.2, -0.15) is 5.10 Å². The predicted molar refractivity (Wildman–Crippen MR) is 115 cm³/mol. The summed E-state index contributed by atoms with van der Waals surface area (Å²) in [5, 5.41) is 7.04. The van der Waals surface area contributed by atoms with Gasteiger partial charge in [0.2, 0.25) is 5.91 Å². The fourth-order valence-corrected chi connectivity index (χ4v) is 4.45. The first-order chi connectivity index (χ1) is 14.1. The van der Waals surface area contributed by atoms with Crippen LogP contribution in [0.2, 0.25) is 5.02 Å². The van der Waals surface area contributed by atoms with Crippen LogP contribution in [-0.4, -0.2) is 60.3 Å². The van der Waals surface area contributed by atoms with Crippen LogP contribution >= 0.6 is 11.6 Å². The topological polar surface area (TPSA) is 72.5 Å². The Balaban J connectivity index is 1.30. The molecule has 0 aliphatic carbocycles. The van der Waals surface area contributed by atoms with Gasteiger partial charge in [0.1, 0.15) is 0 Å². The molecule has 7 nitrogen and oxygen atoms in total. The number of amides is 1. The summed E-state index contributed by atoms with van der Waals surface area (Å²) in [5.41, 5.74) is 1.75. The number of nitrogens with zero attached hydrogens (tertiary/aromatic N) is 4. The van der Waals surface area contributed by atoms with Gasteiger partial charge in [0.05, 0.1) is 11.9 Å². The number of aromatic nitrogens is 2. The molecule has 29 heavy (non-hydrogen) atoms. The first kappa shape index (κ1) is 19.8. The highest BCUT2D eigenvalue weighted by Crippen LogP contribution is 2.25. The molecule has 0 radical (unpaired) electrons. The molecule has 1 aromatic heterocycles. The van der Waals surface area contributed by atoms with Crippen molar-refractivity contribution in [2.45, 2.75) is 19.3 Å². The monoisotopic (exact) mass is 415 g/mol. The van der Waals surface area contributed by atoms with Crippen LogP contribution < -0.4 is 15.4 Å². The van der Waals surface area contributed by atoms with Crippen molar-refractivity contribution in [2.75, 3.05) is 49.1 Å². The van der Waals surface area contributed by atoms with Crippen molar-refractivity contribution in [2.24, 2.45) is 5.92 Å². The second-order valence-electron chi connectivity index (χ2n) is 7.81. The first-order valence-corrected chi connectivity index (χ1v) is 10.5. The quantitative estimate of drug-likeness (QED) is 0.830. The van der Waals surface area contributed by atoms with Crippen molar-refractivity contribution >= 4 is 28.9 Å². The molecule has 0 spiro atoms. The zero-order valence-corrected chi connectivity index (χ0v) is 17.1. The molecule has 8 heteroatoms. The van der Waals surface area contributed by atoms with E-state index in [2.05, 4.69) is 26.1 Å². The normalized spacial score (nSPS) is 20.0. The van der Waals surface area contributed by atoms with Crippen LogP contribution in [0.5, 0.6) is 0 Å². The van der Waals surface area contributed by atoms with Crippen molar-refractivity contribution in [3.05, 3.63) is 51.9 Å². The molecule has 4 rings (SSSR count). The average molecular weight is 416 g/mol. The van der Waals surface area contributed by atoms with Crippen molar-refractivity contribution in [1.29, 1.82) is 0 Å². The number of benzene rings is 1. The molecular formula is C21H26ClN5O2. The molecule has 1 unspecified atom stereocenters. The molecule has 0 bridgehead atoms. The van der Waals surface area contributed by atoms with Crippen LogP contribution in [0.4, 0.5) is 11.4 Å². The second-order valence-corrected chi connectivity index (χ2v) is 8.25. The zero-order valence-electron chi connectivity index (χ0n) is 16.4. The fourth-order valence-electron chi connectivity index (χ4n) is 4.27. The largest absolute Gasteiger partial charge is 0.370 e. The number of nitrogens with one attached hydrogen (secondary N) is 1. The highest BCUT2D eigenvalue weighted by Gasteiger charge is 2.27. The average Bonchev–Trinajstić information content (AvgIpc) is 2.74. The van der Waals surface area contributed by atoms with Gasteiger partial charge in [-0.15, -0.1) is 0 Å². The van der Waals surface area contributed by atoms with Crippen LogP contribution in [0, 0.1) is 5.92 Å². The molecule has 2 aromatic rings. The molecule has 154 valence electrons. The van der Waals surface area contributed by atoms with Gasteiger partial charge < -0.3 is 14.7 Å². The lowest BCUT2D eigenvalue weighted by Gasteiger charge is -2.38. The molecule has 2 fully saturated rings.